The van der Waals surface area contributed by atoms with Gasteiger partial charge in [-0.2, -0.15) is 4.31 Å². The van der Waals surface area contributed by atoms with Crippen LogP contribution in [0.1, 0.15) is 12.7 Å². The Morgan fingerprint density at radius 1 is 1.03 bits per heavy atom. The molecule has 152 valence electrons. The van der Waals surface area contributed by atoms with Crippen molar-refractivity contribution in [2.24, 2.45) is 0 Å². The minimum atomic E-state index is -3.94. The van der Waals surface area contributed by atoms with Gasteiger partial charge in [-0.25, -0.2) is 8.42 Å². The number of furan rings is 1. The van der Waals surface area contributed by atoms with Crippen LogP contribution in [0.25, 0.3) is 0 Å². The van der Waals surface area contributed by atoms with Crippen LogP contribution in [0.2, 0.25) is 0 Å². The number of sulfonamides is 1. The number of nitrogens with one attached hydrogen (secondary N) is 1. The summed E-state index contributed by atoms with van der Waals surface area (Å²) >= 11 is 0. The maximum absolute atomic E-state index is 13.2. The molecule has 2 aromatic carbocycles. The summed E-state index contributed by atoms with van der Waals surface area (Å²) in [4.78, 5) is 12.6. The molecule has 1 N–H and O–H groups in total. The number of carbonyl (C=O) groups is 1. The average molecular weight is 414 g/mol. The van der Waals surface area contributed by atoms with Gasteiger partial charge in [0, 0.05) is 5.69 Å². The predicted octanol–water partition coefficient (Wildman–Crippen LogP) is 3.51. The van der Waals surface area contributed by atoms with E-state index < -0.39 is 15.9 Å². The number of rotatable bonds is 9. The zero-order valence-corrected chi connectivity index (χ0v) is 16.8. The fraction of sp³-hybridized carbons (Fsp3) is 0.190. The first-order valence-electron chi connectivity index (χ1n) is 9.09. The van der Waals surface area contributed by atoms with E-state index in [1.165, 1.54) is 18.4 Å². The van der Waals surface area contributed by atoms with Gasteiger partial charge < -0.3 is 14.5 Å². The first-order chi connectivity index (χ1) is 14.0. The molecule has 0 unspecified atom stereocenters. The summed E-state index contributed by atoms with van der Waals surface area (Å²) < 4.78 is 38.1. The topological polar surface area (TPSA) is 88.9 Å². The van der Waals surface area contributed by atoms with Crippen molar-refractivity contribution in [2.75, 3.05) is 18.5 Å². The zero-order chi connectivity index (χ0) is 20.7. The summed E-state index contributed by atoms with van der Waals surface area (Å²) in [5.41, 5.74) is 0.592. The van der Waals surface area contributed by atoms with Gasteiger partial charge >= 0.3 is 0 Å². The van der Waals surface area contributed by atoms with Gasteiger partial charge in [-0.15, -0.1) is 0 Å². The molecule has 7 nitrogen and oxygen atoms in total. The van der Waals surface area contributed by atoms with Crippen LogP contribution in [0.3, 0.4) is 0 Å². The van der Waals surface area contributed by atoms with E-state index in [0.717, 1.165) is 4.31 Å². The molecule has 0 bridgehead atoms. The van der Waals surface area contributed by atoms with Crippen molar-refractivity contribution < 1.29 is 22.4 Å². The molecule has 3 aromatic rings. The highest BCUT2D eigenvalue weighted by molar-refractivity contribution is 7.89. The number of nitrogens with zero attached hydrogens (tertiary/aromatic N) is 1. The third-order valence-electron chi connectivity index (χ3n) is 4.06. The van der Waals surface area contributed by atoms with E-state index >= 15 is 0 Å². The molecule has 0 radical (unpaired) electrons. The lowest BCUT2D eigenvalue weighted by Gasteiger charge is -2.21. The Labute approximate surface area is 170 Å². The molecule has 29 heavy (non-hydrogen) atoms. The Hall–Kier alpha value is -3.10. The fourth-order valence-corrected chi connectivity index (χ4v) is 4.07. The molecule has 0 fully saturated rings. The molecular formula is C21H22N2O5S. The van der Waals surface area contributed by atoms with Crippen molar-refractivity contribution in [1.82, 2.24) is 4.31 Å². The van der Waals surface area contributed by atoms with Crippen LogP contribution in [-0.4, -0.2) is 31.8 Å². The molecule has 8 heteroatoms. The summed E-state index contributed by atoms with van der Waals surface area (Å²) in [7, 11) is -3.94. The summed E-state index contributed by atoms with van der Waals surface area (Å²) in [5.74, 6) is 0.565. The Bertz CT molecular complexity index is 1020. The van der Waals surface area contributed by atoms with E-state index in [-0.39, 0.29) is 18.0 Å². The number of ether oxygens (including phenoxy) is 1. The SMILES string of the molecule is CCOc1ccc(S(=O)(=O)N(CC(=O)Nc2ccccc2)Cc2ccco2)cc1. The van der Waals surface area contributed by atoms with E-state index in [9.17, 15) is 13.2 Å². The van der Waals surface area contributed by atoms with Crippen LogP contribution in [0.5, 0.6) is 5.75 Å². The van der Waals surface area contributed by atoms with Crippen molar-refractivity contribution >= 4 is 21.6 Å². The first-order valence-corrected chi connectivity index (χ1v) is 10.5. The molecule has 0 aliphatic heterocycles. The number of hydrogen-bond acceptors (Lipinski definition) is 5. The molecule has 0 saturated carbocycles. The molecule has 0 aliphatic rings. The lowest BCUT2D eigenvalue weighted by atomic mass is 10.3. The number of amides is 1. The zero-order valence-electron chi connectivity index (χ0n) is 15.9. The smallest absolute Gasteiger partial charge is 0.243 e. The molecule has 0 saturated heterocycles. The van der Waals surface area contributed by atoms with Crippen LogP contribution in [-0.2, 0) is 21.4 Å². The van der Waals surface area contributed by atoms with Crippen molar-refractivity contribution in [3.8, 4) is 5.75 Å². The van der Waals surface area contributed by atoms with Crippen LogP contribution in [0.15, 0.2) is 82.3 Å². The van der Waals surface area contributed by atoms with Crippen molar-refractivity contribution in [2.45, 2.75) is 18.4 Å². The number of benzene rings is 2. The number of carbonyl (C=O) groups excluding carboxylic acids is 1. The van der Waals surface area contributed by atoms with E-state index in [1.54, 1.807) is 48.5 Å². The largest absolute Gasteiger partial charge is 0.494 e. The van der Waals surface area contributed by atoms with Gasteiger partial charge in [0.25, 0.3) is 0 Å². The van der Waals surface area contributed by atoms with Gasteiger partial charge in [-0.1, -0.05) is 18.2 Å². The van der Waals surface area contributed by atoms with Crippen molar-refractivity contribution in [3.05, 3.63) is 78.8 Å². The molecule has 1 aromatic heterocycles. The molecular weight excluding hydrogens is 392 g/mol. The molecule has 0 spiro atoms. The molecule has 0 aliphatic carbocycles. The second-order valence-electron chi connectivity index (χ2n) is 6.17. The average Bonchev–Trinajstić information content (AvgIpc) is 3.22. The Balaban J connectivity index is 1.82. The van der Waals surface area contributed by atoms with Gasteiger partial charge in [0.15, 0.2) is 0 Å². The van der Waals surface area contributed by atoms with E-state index in [1.807, 2.05) is 13.0 Å². The highest BCUT2D eigenvalue weighted by Crippen LogP contribution is 2.22. The van der Waals surface area contributed by atoms with E-state index in [2.05, 4.69) is 5.32 Å². The van der Waals surface area contributed by atoms with Crippen LogP contribution >= 0.6 is 0 Å². The third kappa shape index (κ3) is 5.46. The second kappa shape index (κ2) is 9.40. The van der Waals surface area contributed by atoms with Gasteiger partial charge in [0.05, 0.1) is 30.9 Å². The Morgan fingerprint density at radius 3 is 2.38 bits per heavy atom. The molecule has 3 rings (SSSR count). The standard InChI is InChI=1S/C21H22N2O5S/c1-2-27-18-10-12-20(13-11-18)29(25,26)23(15-19-9-6-14-28-19)16-21(24)22-17-7-4-3-5-8-17/h3-14H,2,15-16H2,1H3,(H,22,24). The summed E-state index contributed by atoms with van der Waals surface area (Å²) in [5, 5.41) is 2.71. The molecule has 1 heterocycles. The third-order valence-corrected chi connectivity index (χ3v) is 5.87. The highest BCUT2D eigenvalue weighted by Gasteiger charge is 2.28. The van der Waals surface area contributed by atoms with Gasteiger partial charge in [0.2, 0.25) is 15.9 Å². The van der Waals surface area contributed by atoms with E-state index in [0.29, 0.717) is 23.8 Å². The summed E-state index contributed by atoms with van der Waals surface area (Å²) in [6, 6.07) is 18.3. The number of para-hydroxylation sites is 1. The normalized spacial score (nSPS) is 11.4. The predicted molar refractivity (Wildman–Crippen MR) is 109 cm³/mol. The fourth-order valence-electron chi connectivity index (χ4n) is 2.71. The monoisotopic (exact) mass is 414 g/mol. The van der Waals surface area contributed by atoms with E-state index in [4.69, 9.17) is 9.15 Å². The molecule has 1 amide bonds. The summed E-state index contributed by atoms with van der Waals surface area (Å²) in [6.07, 6.45) is 1.46. The van der Waals surface area contributed by atoms with Gasteiger partial charge in [-0.3, -0.25) is 4.79 Å². The van der Waals surface area contributed by atoms with Crippen molar-refractivity contribution in [1.29, 1.82) is 0 Å². The maximum Gasteiger partial charge on any atom is 0.243 e. The first kappa shape index (κ1) is 20.6. The van der Waals surface area contributed by atoms with Crippen LogP contribution < -0.4 is 10.1 Å². The molecule has 0 atom stereocenters. The Morgan fingerprint density at radius 2 is 1.76 bits per heavy atom. The van der Waals surface area contributed by atoms with Crippen LogP contribution in [0.4, 0.5) is 5.69 Å². The van der Waals surface area contributed by atoms with Gasteiger partial charge in [-0.05, 0) is 55.5 Å². The number of hydrogen-bond donors (Lipinski definition) is 1. The maximum atomic E-state index is 13.2. The van der Waals surface area contributed by atoms with Gasteiger partial charge in [0.1, 0.15) is 11.5 Å². The quantitative estimate of drug-likeness (QED) is 0.579. The Kier molecular flexibility index (Phi) is 6.69. The lowest BCUT2D eigenvalue weighted by Crippen LogP contribution is -2.37. The highest BCUT2D eigenvalue weighted by atomic mass is 32.2. The summed E-state index contributed by atoms with van der Waals surface area (Å²) in [6.45, 7) is 1.91. The lowest BCUT2D eigenvalue weighted by molar-refractivity contribution is -0.116. The second-order valence-corrected chi connectivity index (χ2v) is 8.11. The van der Waals surface area contributed by atoms with Crippen molar-refractivity contribution in [3.63, 3.8) is 0 Å². The minimum Gasteiger partial charge on any atom is -0.494 e. The van der Waals surface area contributed by atoms with Crippen LogP contribution in [0, 0.1) is 0 Å². The minimum absolute atomic E-state index is 0.0647. The number of anilines is 1.